The minimum absolute atomic E-state index is 0.0232. The van der Waals surface area contributed by atoms with Gasteiger partial charge in [-0.2, -0.15) is 0 Å². The number of aryl methyl sites for hydroxylation is 2. The Bertz CT molecular complexity index is 3390. The van der Waals surface area contributed by atoms with Gasteiger partial charge in [0.25, 0.3) is 6.71 Å². The van der Waals surface area contributed by atoms with Crippen molar-refractivity contribution in [3.05, 3.63) is 142 Å². The van der Waals surface area contributed by atoms with Crippen molar-refractivity contribution in [1.82, 2.24) is 4.57 Å². The molecule has 69 heavy (non-hydrogen) atoms. The maximum Gasteiger partial charge on any atom is 0.252 e. The molecule has 4 aliphatic heterocycles. The lowest BCUT2D eigenvalue weighted by atomic mass is 9.33. The number of anilines is 4. The smallest absolute Gasteiger partial charge is 0.252 e. The largest absolute Gasteiger partial charge is 0.335 e. The maximum absolute atomic E-state index is 3.00. The first kappa shape index (κ1) is 43.8. The summed E-state index contributed by atoms with van der Waals surface area (Å²) in [7, 11) is 0. The van der Waals surface area contributed by atoms with Crippen molar-refractivity contribution >= 4 is 67.7 Å². The normalized spacial score (nSPS) is 25.5. The molecule has 0 radical (unpaired) electrons. The molecule has 13 rings (SSSR count). The van der Waals surface area contributed by atoms with Gasteiger partial charge in [0, 0.05) is 55.6 Å². The minimum atomic E-state index is -0.194. The van der Waals surface area contributed by atoms with Gasteiger partial charge in [0.05, 0.1) is 16.6 Å². The van der Waals surface area contributed by atoms with Crippen LogP contribution in [0.25, 0.3) is 27.5 Å². The average molecular weight is 908 g/mol. The fourth-order valence-corrected chi connectivity index (χ4v) is 16.1. The molecule has 1 aromatic heterocycles. The first-order valence-corrected chi connectivity index (χ1v) is 26.8. The molecule has 0 spiro atoms. The van der Waals surface area contributed by atoms with Crippen molar-refractivity contribution in [2.45, 2.75) is 186 Å². The van der Waals surface area contributed by atoms with E-state index in [-0.39, 0.29) is 44.9 Å². The Labute approximate surface area is 413 Å². The van der Waals surface area contributed by atoms with Crippen LogP contribution in [0.5, 0.6) is 0 Å². The molecular weight excluding hydrogens is 834 g/mol. The fraction of sp³-hybridized carbons (Fsp3) is 0.446. The molecule has 4 heteroatoms. The summed E-state index contributed by atoms with van der Waals surface area (Å²) in [5, 5.41) is 2.77. The van der Waals surface area contributed by atoms with Gasteiger partial charge in [0.2, 0.25) is 0 Å². The summed E-state index contributed by atoms with van der Waals surface area (Å²) in [5.41, 5.74) is 25.5. The molecule has 3 nitrogen and oxygen atoms in total. The number of nitrogens with zero attached hydrogens (tertiary/aromatic N) is 3. The molecule has 0 N–H and O–H groups in total. The van der Waals surface area contributed by atoms with Gasteiger partial charge in [-0.1, -0.05) is 156 Å². The van der Waals surface area contributed by atoms with Crippen LogP contribution in [0.2, 0.25) is 0 Å². The first-order chi connectivity index (χ1) is 32.5. The van der Waals surface area contributed by atoms with Gasteiger partial charge in [-0.15, -0.1) is 0 Å². The Morgan fingerprint density at radius 1 is 0.536 bits per heavy atom. The lowest BCUT2D eigenvalue weighted by molar-refractivity contribution is 0.194. The van der Waals surface area contributed by atoms with Crippen LogP contribution < -0.4 is 26.2 Å². The van der Waals surface area contributed by atoms with E-state index in [9.17, 15) is 0 Å². The molecule has 2 aliphatic carbocycles. The Morgan fingerprint density at radius 3 is 1.87 bits per heavy atom. The van der Waals surface area contributed by atoms with E-state index in [1.54, 1.807) is 11.1 Å². The number of hydrogen-bond acceptors (Lipinski definition) is 2. The minimum Gasteiger partial charge on any atom is -0.335 e. The summed E-state index contributed by atoms with van der Waals surface area (Å²) in [4.78, 5) is 5.89. The van der Waals surface area contributed by atoms with Crippen molar-refractivity contribution in [3.63, 3.8) is 0 Å². The lowest BCUT2D eigenvalue weighted by Gasteiger charge is -2.54. The second-order valence-electron chi connectivity index (χ2n) is 26.8. The molecule has 2 fully saturated rings. The topological polar surface area (TPSA) is 11.4 Å². The van der Waals surface area contributed by atoms with Gasteiger partial charge in [0.1, 0.15) is 0 Å². The highest BCUT2D eigenvalue weighted by molar-refractivity contribution is 7.00. The van der Waals surface area contributed by atoms with Gasteiger partial charge < -0.3 is 14.4 Å². The molecule has 5 heterocycles. The van der Waals surface area contributed by atoms with Crippen LogP contribution in [0.15, 0.2) is 97.1 Å². The second-order valence-corrected chi connectivity index (χ2v) is 26.8. The predicted octanol–water partition coefficient (Wildman–Crippen LogP) is 14.9. The van der Waals surface area contributed by atoms with E-state index in [2.05, 4.69) is 208 Å². The Kier molecular flexibility index (Phi) is 8.62. The molecule has 0 amide bonds. The molecule has 0 bridgehead atoms. The molecule has 2 saturated carbocycles. The first-order valence-electron chi connectivity index (χ1n) is 26.8. The SMILES string of the molecule is Cc1cc(C)c2c(c1)N(c1cc3c4c(c1)-n1c5ccc(C(C)(C)C)cc5c5cc(C(C)(C)C)cc(c51)B4c1cc(C(C)(C)C)cc4c1N3C1(C)CCCCC41c1ccccc1)C1(C)CCCCC21C. The zero-order chi connectivity index (χ0) is 48.3. The fourth-order valence-electron chi connectivity index (χ4n) is 16.1. The number of benzene rings is 6. The van der Waals surface area contributed by atoms with Crippen molar-refractivity contribution in [1.29, 1.82) is 0 Å². The second kappa shape index (κ2) is 13.6. The van der Waals surface area contributed by atoms with E-state index < -0.39 is 0 Å². The van der Waals surface area contributed by atoms with Crippen LogP contribution in [0.3, 0.4) is 0 Å². The quantitative estimate of drug-likeness (QED) is 0.160. The summed E-state index contributed by atoms with van der Waals surface area (Å²) in [6.07, 6.45) is 9.69. The standard InChI is InChI=1S/C65H74BN3/c1-39-30-40(2)55-52(31-39)68(63(13)27-19-18-26-62(55,63)12)45-37-53-56-54(38-45)69-58-48(65(41-22-16-15-17-23-41)29-21-20-28-64(65,69)14)34-44(61(9,10)11)36-50(58)66(56)49-35-43(60(6,7)8)33-47-46-32-42(59(3,4)5)24-25-51(46)67(53)57(47)49/h15-17,22-25,30-38H,18-21,26-29H2,1-14H3. The molecule has 7 aromatic rings. The molecule has 4 unspecified atom stereocenters. The summed E-state index contributed by atoms with van der Waals surface area (Å²) in [5.74, 6) is 0. The van der Waals surface area contributed by atoms with E-state index in [0.717, 1.165) is 12.8 Å². The van der Waals surface area contributed by atoms with E-state index >= 15 is 0 Å². The number of hydrogen-bond donors (Lipinski definition) is 0. The summed E-state index contributed by atoms with van der Waals surface area (Å²) in [6.45, 7) is 34.4. The summed E-state index contributed by atoms with van der Waals surface area (Å²) in [6, 6.07) is 40.4. The molecular formula is C65H74BN3. The van der Waals surface area contributed by atoms with E-state index in [0.29, 0.717) is 0 Å². The van der Waals surface area contributed by atoms with Gasteiger partial charge in [0.15, 0.2) is 0 Å². The third-order valence-corrected chi connectivity index (χ3v) is 19.8. The molecule has 6 aliphatic rings. The third kappa shape index (κ3) is 5.37. The number of aromatic nitrogens is 1. The van der Waals surface area contributed by atoms with Crippen molar-refractivity contribution in [2.75, 3.05) is 9.80 Å². The Hall–Kier alpha value is -5.22. The molecule has 352 valence electrons. The van der Waals surface area contributed by atoms with E-state index in [1.807, 2.05) is 0 Å². The highest BCUT2D eigenvalue weighted by Gasteiger charge is 2.65. The van der Waals surface area contributed by atoms with Crippen LogP contribution in [0.1, 0.15) is 179 Å². The van der Waals surface area contributed by atoms with Crippen molar-refractivity contribution in [3.8, 4) is 5.69 Å². The summed E-state index contributed by atoms with van der Waals surface area (Å²) < 4.78 is 2.77. The van der Waals surface area contributed by atoms with Crippen LogP contribution >= 0.6 is 0 Å². The number of rotatable bonds is 2. The highest BCUT2D eigenvalue weighted by Crippen LogP contribution is 2.66. The van der Waals surface area contributed by atoms with Gasteiger partial charge in [-0.3, -0.25) is 0 Å². The third-order valence-electron chi connectivity index (χ3n) is 19.8. The van der Waals surface area contributed by atoms with E-state index in [1.165, 1.54) is 139 Å². The predicted molar refractivity (Wildman–Crippen MR) is 296 cm³/mol. The average Bonchev–Trinajstić information content (AvgIpc) is 3.82. The highest BCUT2D eigenvalue weighted by atomic mass is 15.3. The van der Waals surface area contributed by atoms with Crippen molar-refractivity contribution in [2.24, 2.45) is 0 Å². The summed E-state index contributed by atoms with van der Waals surface area (Å²) >= 11 is 0. The van der Waals surface area contributed by atoms with Gasteiger partial charge in [-0.05, 0) is 167 Å². The van der Waals surface area contributed by atoms with Crippen LogP contribution in [0.4, 0.5) is 22.7 Å². The van der Waals surface area contributed by atoms with Crippen LogP contribution in [-0.2, 0) is 27.1 Å². The van der Waals surface area contributed by atoms with Crippen molar-refractivity contribution < 1.29 is 0 Å². The number of fused-ring (bicyclic) bond motifs is 13. The zero-order valence-electron chi connectivity index (χ0n) is 44.3. The van der Waals surface area contributed by atoms with Crippen LogP contribution in [0, 0.1) is 13.8 Å². The maximum atomic E-state index is 3.00. The van der Waals surface area contributed by atoms with Gasteiger partial charge in [-0.25, -0.2) is 0 Å². The molecule has 4 atom stereocenters. The van der Waals surface area contributed by atoms with E-state index in [4.69, 9.17) is 0 Å². The monoisotopic (exact) mass is 908 g/mol. The molecule has 0 saturated heterocycles. The zero-order valence-corrected chi connectivity index (χ0v) is 44.3. The Morgan fingerprint density at radius 2 is 1.16 bits per heavy atom. The lowest BCUT2D eigenvalue weighted by Crippen LogP contribution is -2.64. The van der Waals surface area contributed by atoms with Gasteiger partial charge >= 0.3 is 0 Å². The molecule has 6 aromatic carbocycles. The van der Waals surface area contributed by atoms with Crippen LogP contribution in [-0.4, -0.2) is 22.4 Å². The Balaban J connectivity index is 1.23.